The maximum Gasteiger partial charge on any atom is 0.214 e. The molecule has 186 valence electrons. The van der Waals surface area contributed by atoms with Gasteiger partial charge >= 0.3 is 0 Å². The Balaban J connectivity index is 1.44. The van der Waals surface area contributed by atoms with Gasteiger partial charge in [0.05, 0.1) is 23.6 Å². The van der Waals surface area contributed by atoms with Crippen molar-refractivity contribution >= 4 is 17.9 Å². The number of fused-ring (bicyclic) bond motifs is 5. The molecule has 0 aromatic heterocycles. The molecule has 4 fully saturated rings. The number of para-hydroxylation sites is 1. The summed E-state index contributed by atoms with van der Waals surface area (Å²) < 4.78 is 0. The van der Waals surface area contributed by atoms with Crippen molar-refractivity contribution in [3.63, 3.8) is 0 Å². The lowest BCUT2D eigenvalue weighted by molar-refractivity contribution is -0.223. The number of aliphatic hydroxyl groups is 3. The predicted molar refractivity (Wildman–Crippen MR) is 133 cm³/mol. The van der Waals surface area contributed by atoms with Gasteiger partial charge in [0.1, 0.15) is 5.60 Å². The molecule has 8 atom stereocenters. The number of hydrogen-bond acceptors (Lipinski definition) is 5. The van der Waals surface area contributed by atoms with Crippen LogP contribution in [0.3, 0.4) is 0 Å². The number of nitrogens with two attached hydrogens (primary N) is 1. The molecule has 7 nitrogen and oxygen atoms in total. The normalized spacial score (nSPS) is 45.9. The van der Waals surface area contributed by atoms with E-state index in [9.17, 15) is 15.3 Å². The van der Waals surface area contributed by atoms with E-state index in [1.165, 1.54) is 11.2 Å². The van der Waals surface area contributed by atoms with E-state index in [0.29, 0.717) is 30.4 Å². The second-order valence-corrected chi connectivity index (χ2v) is 11.9. The molecule has 7 heteroatoms. The van der Waals surface area contributed by atoms with Crippen molar-refractivity contribution in [3.05, 3.63) is 30.3 Å². The van der Waals surface area contributed by atoms with E-state index >= 15 is 0 Å². The standard InChI is InChI=1S/C27H40N4O3/c1-24-12-10-20(32)16-18(24)8-9-22-21(24)11-13-25(2)26(33,14-15-27(22,25)34)17-30-31(23(28)29)19-6-4-3-5-7-19/h3-7,17-18,20-22,32-34H,8-16H2,1-2H3,(H3,28,29)/b30-17+/t18?,20?,21-,22-,24+,25-,26?,27-/m1/s1. The van der Waals surface area contributed by atoms with Crippen LogP contribution in [0, 0.1) is 34.0 Å². The molecule has 1 aromatic carbocycles. The van der Waals surface area contributed by atoms with Crippen LogP contribution in [-0.4, -0.2) is 44.8 Å². The van der Waals surface area contributed by atoms with Gasteiger partial charge in [-0.2, -0.15) is 5.10 Å². The fraction of sp³-hybridized carbons (Fsp3) is 0.704. The zero-order chi connectivity index (χ0) is 24.4. The summed E-state index contributed by atoms with van der Waals surface area (Å²) in [4.78, 5) is 0. The summed E-state index contributed by atoms with van der Waals surface area (Å²) in [5, 5.41) is 48.3. The minimum absolute atomic E-state index is 0.142. The number of nitrogens with zero attached hydrogens (tertiary/aromatic N) is 2. The molecule has 5 rings (SSSR count). The smallest absolute Gasteiger partial charge is 0.214 e. The maximum absolute atomic E-state index is 12.3. The third-order valence-corrected chi connectivity index (χ3v) is 10.6. The summed E-state index contributed by atoms with van der Waals surface area (Å²) in [5.74, 6) is 0.846. The highest BCUT2D eigenvalue weighted by Gasteiger charge is 2.71. The van der Waals surface area contributed by atoms with Crippen molar-refractivity contribution in [2.75, 3.05) is 5.01 Å². The predicted octanol–water partition coefficient (Wildman–Crippen LogP) is 3.62. The highest BCUT2D eigenvalue weighted by Crippen LogP contribution is 2.69. The summed E-state index contributed by atoms with van der Waals surface area (Å²) in [6, 6.07) is 9.24. The molecule has 6 N–H and O–H groups in total. The SMILES string of the molecule is C[C@]12CCC(O)CC1CC[C@@H]1[C@H]2CC[C@]2(C)C(O)(/C=N/N(C(=N)N)c3ccccc3)CC[C@@]12O. The van der Waals surface area contributed by atoms with E-state index in [2.05, 4.69) is 12.0 Å². The Morgan fingerprint density at radius 3 is 2.47 bits per heavy atom. The van der Waals surface area contributed by atoms with E-state index in [4.69, 9.17) is 11.1 Å². The number of benzene rings is 1. The molecule has 1 aromatic rings. The third kappa shape index (κ3) is 3.27. The number of aliphatic hydroxyl groups excluding tert-OH is 1. The molecule has 0 saturated heterocycles. The zero-order valence-corrected chi connectivity index (χ0v) is 20.5. The van der Waals surface area contributed by atoms with Gasteiger partial charge in [0.15, 0.2) is 0 Å². The highest BCUT2D eigenvalue weighted by molar-refractivity contribution is 5.93. The van der Waals surface area contributed by atoms with Crippen molar-refractivity contribution in [2.45, 2.75) is 88.9 Å². The fourth-order valence-electron chi connectivity index (χ4n) is 8.45. The average molecular weight is 469 g/mol. The van der Waals surface area contributed by atoms with Crippen molar-refractivity contribution in [3.8, 4) is 0 Å². The molecule has 0 radical (unpaired) electrons. The molecular formula is C27H40N4O3. The summed E-state index contributed by atoms with van der Waals surface area (Å²) in [5.41, 5.74) is 3.64. The quantitative estimate of drug-likeness (QED) is 0.263. The van der Waals surface area contributed by atoms with Crippen LogP contribution >= 0.6 is 0 Å². The Kier molecular flexibility index (Phi) is 5.62. The van der Waals surface area contributed by atoms with Crippen LogP contribution in [0.5, 0.6) is 0 Å². The lowest BCUT2D eigenvalue weighted by Gasteiger charge is -2.64. The minimum atomic E-state index is -1.28. The minimum Gasteiger partial charge on any atom is -0.393 e. The van der Waals surface area contributed by atoms with Crippen molar-refractivity contribution in [1.29, 1.82) is 5.41 Å². The summed E-state index contributed by atoms with van der Waals surface area (Å²) in [6.45, 7) is 4.42. The Labute approximate surface area is 202 Å². The maximum atomic E-state index is 12.3. The van der Waals surface area contributed by atoms with Crippen LogP contribution in [0.15, 0.2) is 35.4 Å². The lowest BCUT2D eigenvalue weighted by atomic mass is 9.43. The Morgan fingerprint density at radius 2 is 1.76 bits per heavy atom. The first kappa shape index (κ1) is 23.8. The Bertz CT molecular complexity index is 972. The number of hydrogen-bond donors (Lipinski definition) is 5. The number of rotatable bonds is 3. The van der Waals surface area contributed by atoms with Gasteiger partial charge in [-0.1, -0.05) is 32.0 Å². The molecule has 0 bridgehead atoms. The van der Waals surface area contributed by atoms with E-state index in [0.717, 1.165) is 44.9 Å². The number of nitrogens with one attached hydrogen (secondary N) is 1. The summed E-state index contributed by atoms with van der Waals surface area (Å²) >= 11 is 0. The Hall–Kier alpha value is -1.96. The monoisotopic (exact) mass is 468 g/mol. The molecular weight excluding hydrogens is 428 g/mol. The van der Waals surface area contributed by atoms with Gasteiger partial charge in [-0.05, 0) is 93.1 Å². The van der Waals surface area contributed by atoms with E-state index in [-0.39, 0.29) is 23.4 Å². The largest absolute Gasteiger partial charge is 0.393 e. The number of guanidine groups is 1. The summed E-state index contributed by atoms with van der Waals surface area (Å²) in [6.07, 6.45) is 8.75. The molecule has 0 amide bonds. The van der Waals surface area contributed by atoms with Gasteiger partial charge in [-0.25, -0.2) is 5.01 Å². The zero-order valence-electron chi connectivity index (χ0n) is 20.5. The van der Waals surface area contributed by atoms with Crippen molar-refractivity contribution < 1.29 is 15.3 Å². The van der Waals surface area contributed by atoms with Crippen LogP contribution in [-0.2, 0) is 0 Å². The molecule has 4 aliphatic carbocycles. The summed E-state index contributed by atoms with van der Waals surface area (Å²) in [7, 11) is 0. The van der Waals surface area contributed by atoms with Gasteiger partial charge in [-0.15, -0.1) is 0 Å². The molecule has 0 aliphatic heterocycles. The van der Waals surface area contributed by atoms with Gasteiger partial charge in [0, 0.05) is 5.41 Å². The number of hydrazone groups is 1. The molecule has 4 aliphatic rings. The third-order valence-electron chi connectivity index (χ3n) is 10.6. The van der Waals surface area contributed by atoms with E-state index in [1.54, 1.807) is 0 Å². The van der Waals surface area contributed by atoms with Crippen LogP contribution in [0.4, 0.5) is 5.69 Å². The van der Waals surface area contributed by atoms with Crippen molar-refractivity contribution in [2.24, 2.45) is 39.4 Å². The van der Waals surface area contributed by atoms with E-state index < -0.39 is 16.6 Å². The van der Waals surface area contributed by atoms with Gasteiger partial charge in [0.25, 0.3) is 0 Å². The average Bonchev–Trinajstić information content (AvgIpc) is 3.02. The fourth-order valence-corrected chi connectivity index (χ4v) is 8.45. The topological polar surface area (TPSA) is 126 Å². The molecule has 0 spiro atoms. The first-order valence-corrected chi connectivity index (χ1v) is 12.9. The second-order valence-electron chi connectivity index (χ2n) is 11.9. The van der Waals surface area contributed by atoms with Crippen LogP contribution in [0.1, 0.15) is 71.6 Å². The molecule has 0 heterocycles. The van der Waals surface area contributed by atoms with Gasteiger partial charge in [-0.3, -0.25) is 5.41 Å². The number of anilines is 1. The van der Waals surface area contributed by atoms with E-state index in [1.807, 2.05) is 37.3 Å². The molecule has 34 heavy (non-hydrogen) atoms. The van der Waals surface area contributed by atoms with Crippen LogP contribution in [0.25, 0.3) is 0 Å². The molecule has 4 saturated carbocycles. The second kappa shape index (κ2) is 8.04. The highest BCUT2D eigenvalue weighted by atomic mass is 16.3. The van der Waals surface area contributed by atoms with Crippen LogP contribution in [0.2, 0.25) is 0 Å². The lowest BCUT2D eigenvalue weighted by Crippen LogP contribution is -2.65. The van der Waals surface area contributed by atoms with Crippen LogP contribution < -0.4 is 10.7 Å². The first-order chi connectivity index (χ1) is 16.0. The van der Waals surface area contributed by atoms with Crippen molar-refractivity contribution in [1.82, 2.24) is 0 Å². The van der Waals surface area contributed by atoms with Gasteiger partial charge < -0.3 is 21.1 Å². The molecule has 3 unspecified atom stereocenters. The van der Waals surface area contributed by atoms with Gasteiger partial charge in [0.2, 0.25) is 5.96 Å². The Morgan fingerprint density at radius 1 is 1.03 bits per heavy atom. The first-order valence-electron chi connectivity index (χ1n) is 12.9.